The molecule has 0 atom stereocenters. The van der Waals surface area contributed by atoms with Gasteiger partial charge in [0.25, 0.3) is 0 Å². The van der Waals surface area contributed by atoms with Crippen LogP contribution < -0.4 is 4.72 Å². The van der Waals surface area contributed by atoms with Crippen LogP contribution in [0.1, 0.15) is 19.4 Å². The van der Waals surface area contributed by atoms with Gasteiger partial charge >= 0.3 is 5.97 Å². The molecular formula is C14H21NO5S. The molecule has 0 saturated carbocycles. The lowest BCUT2D eigenvalue weighted by Crippen LogP contribution is -2.28. The zero-order chi connectivity index (χ0) is 15.9. The number of ether oxygens (including phenoxy) is 1. The van der Waals surface area contributed by atoms with Crippen molar-refractivity contribution in [2.45, 2.75) is 25.2 Å². The second-order valence-corrected chi connectivity index (χ2v) is 6.85. The molecule has 1 aromatic carbocycles. The highest BCUT2D eigenvalue weighted by molar-refractivity contribution is 7.89. The maximum atomic E-state index is 12.0. The van der Waals surface area contributed by atoms with Gasteiger partial charge in [0.05, 0.1) is 11.5 Å². The van der Waals surface area contributed by atoms with Crippen LogP contribution in [0.25, 0.3) is 0 Å². The number of benzene rings is 1. The van der Waals surface area contributed by atoms with E-state index in [1.807, 2.05) is 0 Å². The largest absolute Gasteiger partial charge is 0.480 e. The maximum absolute atomic E-state index is 12.0. The summed E-state index contributed by atoms with van der Waals surface area (Å²) in [6.07, 6.45) is 0.900. The Morgan fingerprint density at radius 1 is 1.29 bits per heavy atom. The number of hydrogen-bond donors (Lipinski definition) is 2. The van der Waals surface area contributed by atoms with E-state index in [4.69, 9.17) is 9.84 Å². The Morgan fingerprint density at radius 2 is 1.90 bits per heavy atom. The third kappa shape index (κ3) is 6.70. The third-order valence-electron chi connectivity index (χ3n) is 2.64. The van der Waals surface area contributed by atoms with E-state index in [2.05, 4.69) is 18.6 Å². The Hall–Kier alpha value is -1.44. The van der Waals surface area contributed by atoms with Gasteiger partial charge in [-0.25, -0.2) is 17.9 Å². The highest BCUT2D eigenvalue weighted by atomic mass is 32.2. The summed E-state index contributed by atoms with van der Waals surface area (Å²) in [6, 6.07) is 6.74. The van der Waals surface area contributed by atoms with Crippen LogP contribution in [0.15, 0.2) is 29.2 Å². The molecule has 0 radical (unpaired) electrons. The number of aliphatic carboxylic acids is 1. The second kappa shape index (κ2) is 8.11. The molecular weight excluding hydrogens is 294 g/mol. The van der Waals surface area contributed by atoms with E-state index >= 15 is 0 Å². The average molecular weight is 315 g/mol. The van der Waals surface area contributed by atoms with E-state index in [1.165, 1.54) is 0 Å². The fourth-order valence-corrected chi connectivity index (χ4v) is 2.78. The monoisotopic (exact) mass is 315 g/mol. The van der Waals surface area contributed by atoms with Crippen molar-refractivity contribution in [3.05, 3.63) is 29.8 Å². The predicted molar refractivity (Wildman–Crippen MR) is 78.6 cm³/mol. The van der Waals surface area contributed by atoms with E-state index in [-0.39, 0.29) is 18.0 Å². The Balaban J connectivity index is 2.52. The first kappa shape index (κ1) is 17.6. The van der Waals surface area contributed by atoms with Crippen molar-refractivity contribution >= 4 is 16.0 Å². The standard InChI is InChI=1S/C14H21NO5S/c1-11(2)9-12-3-5-13(6-4-12)21(18,19)15-7-8-20-10-14(16)17/h3-6,11,15H,7-10H2,1-2H3,(H,16,17). The highest BCUT2D eigenvalue weighted by Gasteiger charge is 2.13. The smallest absolute Gasteiger partial charge is 0.329 e. The molecule has 0 aromatic heterocycles. The minimum atomic E-state index is -3.58. The molecule has 1 rings (SSSR count). The molecule has 0 amide bonds. The molecule has 0 spiro atoms. The third-order valence-corrected chi connectivity index (χ3v) is 4.12. The molecule has 0 bridgehead atoms. The SMILES string of the molecule is CC(C)Cc1ccc(S(=O)(=O)NCCOCC(=O)O)cc1. The molecule has 6 nitrogen and oxygen atoms in total. The minimum absolute atomic E-state index is 0.0109. The number of carboxylic acid groups (broad SMARTS) is 1. The van der Waals surface area contributed by atoms with Gasteiger partial charge in [-0.3, -0.25) is 0 Å². The van der Waals surface area contributed by atoms with Crippen molar-refractivity contribution in [1.29, 1.82) is 0 Å². The molecule has 0 aliphatic rings. The normalized spacial score (nSPS) is 11.8. The van der Waals surface area contributed by atoms with E-state index < -0.39 is 22.6 Å². The molecule has 0 unspecified atom stereocenters. The van der Waals surface area contributed by atoms with Crippen molar-refractivity contribution in [1.82, 2.24) is 4.72 Å². The molecule has 0 fully saturated rings. The Labute approximate surface area is 125 Å². The maximum Gasteiger partial charge on any atom is 0.329 e. The second-order valence-electron chi connectivity index (χ2n) is 5.09. The van der Waals surface area contributed by atoms with Gasteiger partial charge in [0, 0.05) is 6.54 Å². The van der Waals surface area contributed by atoms with Gasteiger partial charge in [0.1, 0.15) is 6.61 Å². The van der Waals surface area contributed by atoms with Gasteiger partial charge in [-0.15, -0.1) is 0 Å². The van der Waals surface area contributed by atoms with Crippen molar-refractivity contribution in [3.8, 4) is 0 Å². The summed E-state index contributed by atoms with van der Waals surface area (Å²) in [5, 5.41) is 8.38. The van der Waals surface area contributed by atoms with Crippen LogP contribution in [0.4, 0.5) is 0 Å². The van der Waals surface area contributed by atoms with E-state index in [1.54, 1.807) is 24.3 Å². The molecule has 1 aromatic rings. The molecule has 0 aliphatic carbocycles. The van der Waals surface area contributed by atoms with Crippen LogP contribution in [0.5, 0.6) is 0 Å². The summed E-state index contributed by atoms with van der Waals surface area (Å²) < 4.78 is 31.1. The summed E-state index contributed by atoms with van der Waals surface area (Å²) in [7, 11) is -3.58. The van der Waals surface area contributed by atoms with Crippen molar-refractivity contribution < 1.29 is 23.1 Å². The predicted octanol–water partition coefficient (Wildman–Crippen LogP) is 1.26. The van der Waals surface area contributed by atoms with Crippen LogP contribution in [0.3, 0.4) is 0 Å². The lowest BCUT2D eigenvalue weighted by atomic mass is 10.0. The van der Waals surface area contributed by atoms with E-state index in [0.29, 0.717) is 5.92 Å². The molecule has 7 heteroatoms. The Kier molecular flexibility index (Phi) is 6.80. The summed E-state index contributed by atoms with van der Waals surface area (Å²) in [4.78, 5) is 10.4. The fraction of sp³-hybridized carbons (Fsp3) is 0.500. The zero-order valence-electron chi connectivity index (χ0n) is 12.2. The quantitative estimate of drug-likeness (QED) is 0.669. The molecule has 0 aliphatic heterocycles. The molecule has 21 heavy (non-hydrogen) atoms. The lowest BCUT2D eigenvalue weighted by Gasteiger charge is -2.09. The zero-order valence-corrected chi connectivity index (χ0v) is 13.0. The van der Waals surface area contributed by atoms with Gasteiger partial charge in [-0.2, -0.15) is 0 Å². The topological polar surface area (TPSA) is 92.7 Å². The number of carbonyl (C=O) groups is 1. The fourth-order valence-electron chi connectivity index (χ4n) is 1.77. The van der Waals surface area contributed by atoms with Crippen molar-refractivity contribution in [2.75, 3.05) is 19.8 Å². The van der Waals surface area contributed by atoms with Crippen LogP contribution in [0, 0.1) is 5.92 Å². The minimum Gasteiger partial charge on any atom is -0.480 e. The number of sulfonamides is 1. The van der Waals surface area contributed by atoms with Crippen LogP contribution in [0.2, 0.25) is 0 Å². The van der Waals surface area contributed by atoms with Crippen molar-refractivity contribution in [3.63, 3.8) is 0 Å². The highest BCUT2D eigenvalue weighted by Crippen LogP contribution is 2.13. The van der Waals surface area contributed by atoms with Crippen molar-refractivity contribution in [2.24, 2.45) is 5.92 Å². The first-order valence-electron chi connectivity index (χ1n) is 6.69. The number of nitrogens with one attached hydrogen (secondary N) is 1. The van der Waals surface area contributed by atoms with Crippen LogP contribution >= 0.6 is 0 Å². The number of rotatable bonds is 9. The van der Waals surface area contributed by atoms with Crippen LogP contribution in [-0.2, 0) is 26.0 Å². The number of carboxylic acids is 1. The summed E-state index contributed by atoms with van der Waals surface area (Å²) in [5.74, 6) is -0.574. The van der Waals surface area contributed by atoms with Gasteiger partial charge in [0.15, 0.2) is 0 Å². The molecule has 2 N–H and O–H groups in total. The average Bonchev–Trinajstić information content (AvgIpc) is 2.37. The van der Waals surface area contributed by atoms with E-state index in [0.717, 1.165) is 12.0 Å². The van der Waals surface area contributed by atoms with Gasteiger partial charge in [-0.05, 0) is 30.0 Å². The number of hydrogen-bond acceptors (Lipinski definition) is 4. The molecule has 0 saturated heterocycles. The van der Waals surface area contributed by atoms with Gasteiger partial charge in [0.2, 0.25) is 10.0 Å². The van der Waals surface area contributed by atoms with Gasteiger partial charge in [-0.1, -0.05) is 26.0 Å². The lowest BCUT2D eigenvalue weighted by molar-refractivity contribution is -0.142. The first-order valence-corrected chi connectivity index (χ1v) is 8.17. The molecule has 118 valence electrons. The first-order chi connectivity index (χ1) is 9.81. The Morgan fingerprint density at radius 3 is 2.43 bits per heavy atom. The molecule has 0 heterocycles. The summed E-state index contributed by atoms with van der Waals surface area (Å²) in [6.45, 7) is 3.80. The summed E-state index contributed by atoms with van der Waals surface area (Å²) >= 11 is 0. The van der Waals surface area contributed by atoms with E-state index in [9.17, 15) is 13.2 Å². The van der Waals surface area contributed by atoms with Crippen LogP contribution in [-0.4, -0.2) is 39.3 Å². The Bertz CT molecular complexity index is 551. The van der Waals surface area contributed by atoms with Gasteiger partial charge < -0.3 is 9.84 Å². The summed E-state index contributed by atoms with van der Waals surface area (Å²) in [5.41, 5.74) is 1.09.